The van der Waals surface area contributed by atoms with E-state index in [1.165, 1.54) is 27.6 Å². The maximum absolute atomic E-state index is 6.43. The summed E-state index contributed by atoms with van der Waals surface area (Å²) < 4.78 is 8.79. The molecule has 7 aromatic rings. The van der Waals surface area contributed by atoms with E-state index in [4.69, 9.17) is 9.40 Å². The molecule has 0 fully saturated rings. The average Bonchev–Trinajstić information content (AvgIpc) is 3.71. The number of nitrogens with zero attached hydrogens (tertiary/aromatic N) is 2. The Hall–Kier alpha value is -5.67. The fraction of sp³-hybridized carbons (Fsp3) is 0.0714. The molecule has 0 amide bonds. The lowest BCUT2D eigenvalue weighted by Gasteiger charge is -2.23. The van der Waals surface area contributed by atoms with Crippen LogP contribution in [0, 0.1) is 0 Å². The molecule has 0 radical (unpaired) electrons. The van der Waals surface area contributed by atoms with Crippen molar-refractivity contribution in [3.63, 3.8) is 0 Å². The summed E-state index contributed by atoms with van der Waals surface area (Å²) in [4.78, 5) is 5.20. The summed E-state index contributed by atoms with van der Waals surface area (Å²) in [5, 5.41) is 4.61. The molecule has 0 bridgehead atoms. The molecular formula is C42H28N2O. The summed E-state index contributed by atoms with van der Waals surface area (Å²) in [7, 11) is 0. The number of pyridine rings is 1. The van der Waals surface area contributed by atoms with Crippen molar-refractivity contribution in [2.24, 2.45) is 0 Å². The first-order valence-electron chi connectivity index (χ1n) is 15.6. The van der Waals surface area contributed by atoms with E-state index in [0.717, 1.165) is 66.6 Å². The van der Waals surface area contributed by atoms with Crippen LogP contribution in [0.5, 0.6) is 0 Å². The molecule has 10 rings (SSSR count). The van der Waals surface area contributed by atoms with E-state index in [2.05, 4.69) is 140 Å². The fourth-order valence-electron chi connectivity index (χ4n) is 7.78. The van der Waals surface area contributed by atoms with E-state index in [0.29, 0.717) is 0 Å². The largest absolute Gasteiger partial charge is 0.455 e. The van der Waals surface area contributed by atoms with Gasteiger partial charge in [-0.3, -0.25) is 4.57 Å². The zero-order chi connectivity index (χ0) is 29.9. The van der Waals surface area contributed by atoms with Crippen LogP contribution >= 0.6 is 0 Å². The van der Waals surface area contributed by atoms with Crippen LogP contribution in [0.3, 0.4) is 0 Å². The summed E-state index contributed by atoms with van der Waals surface area (Å²) in [5.74, 6) is 0.976. The number of aromatic nitrogens is 2. The number of rotatable bonds is 2. The van der Waals surface area contributed by atoms with Gasteiger partial charge in [-0.15, -0.1) is 0 Å². The molecule has 6 aromatic carbocycles. The Morgan fingerprint density at radius 2 is 1.33 bits per heavy atom. The second-order valence-electron chi connectivity index (χ2n) is 12.8. The monoisotopic (exact) mass is 576 g/mol. The zero-order valence-electron chi connectivity index (χ0n) is 25.0. The highest BCUT2D eigenvalue weighted by atomic mass is 16.3. The highest BCUT2D eigenvalue weighted by Crippen LogP contribution is 2.49. The van der Waals surface area contributed by atoms with Crippen molar-refractivity contribution >= 4 is 43.7 Å². The van der Waals surface area contributed by atoms with Gasteiger partial charge in [-0.05, 0) is 75.7 Å². The second kappa shape index (κ2) is 8.71. The lowest BCUT2D eigenvalue weighted by Crippen LogP contribution is -2.15. The molecule has 1 aromatic heterocycles. The topological polar surface area (TPSA) is 31.0 Å². The Balaban J connectivity index is 1.25. The molecule has 0 spiro atoms. The van der Waals surface area contributed by atoms with Gasteiger partial charge in [0.25, 0.3) is 0 Å². The van der Waals surface area contributed by atoms with Crippen molar-refractivity contribution in [3.8, 4) is 39.3 Å². The van der Waals surface area contributed by atoms with Crippen LogP contribution in [0.1, 0.15) is 25.0 Å². The molecule has 0 saturated carbocycles. The smallest absolute Gasteiger partial charge is 0.146 e. The van der Waals surface area contributed by atoms with Gasteiger partial charge in [0, 0.05) is 38.4 Å². The average molecular weight is 577 g/mol. The third kappa shape index (κ3) is 3.33. The maximum atomic E-state index is 6.43. The van der Waals surface area contributed by atoms with Crippen molar-refractivity contribution < 1.29 is 4.42 Å². The van der Waals surface area contributed by atoms with Gasteiger partial charge in [0.15, 0.2) is 0 Å². The van der Waals surface area contributed by atoms with E-state index in [1.807, 2.05) is 12.1 Å². The molecule has 3 nitrogen and oxygen atoms in total. The minimum Gasteiger partial charge on any atom is -0.455 e. The van der Waals surface area contributed by atoms with Gasteiger partial charge in [0.2, 0.25) is 0 Å². The van der Waals surface area contributed by atoms with Crippen LogP contribution in [-0.4, -0.2) is 9.55 Å². The number of hydrogen-bond donors (Lipinski definition) is 0. The molecule has 45 heavy (non-hydrogen) atoms. The first-order valence-corrected chi connectivity index (χ1v) is 15.6. The lowest BCUT2D eigenvalue weighted by atomic mass is 9.82. The highest BCUT2D eigenvalue weighted by Gasteiger charge is 2.35. The van der Waals surface area contributed by atoms with E-state index in [-0.39, 0.29) is 5.41 Å². The summed E-state index contributed by atoms with van der Waals surface area (Å²) in [6.45, 7) is 4.68. The quantitative estimate of drug-likeness (QED) is 0.205. The molecule has 212 valence electrons. The predicted molar refractivity (Wildman–Crippen MR) is 185 cm³/mol. The van der Waals surface area contributed by atoms with Crippen molar-refractivity contribution in [2.75, 3.05) is 0 Å². The Bertz CT molecular complexity index is 2630. The minimum absolute atomic E-state index is 0.0885. The van der Waals surface area contributed by atoms with Crippen LogP contribution in [0.2, 0.25) is 0 Å². The van der Waals surface area contributed by atoms with Gasteiger partial charge < -0.3 is 4.42 Å². The third-order valence-electron chi connectivity index (χ3n) is 9.98. The Morgan fingerprint density at radius 1 is 0.578 bits per heavy atom. The first-order chi connectivity index (χ1) is 22.1. The number of benzene rings is 6. The van der Waals surface area contributed by atoms with Crippen molar-refractivity contribution in [3.05, 3.63) is 145 Å². The van der Waals surface area contributed by atoms with E-state index in [9.17, 15) is 0 Å². The number of para-hydroxylation sites is 3. The van der Waals surface area contributed by atoms with Crippen molar-refractivity contribution in [1.82, 2.24) is 9.55 Å². The van der Waals surface area contributed by atoms with Gasteiger partial charge in [0.1, 0.15) is 17.0 Å². The molecule has 1 aliphatic carbocycles. The minimum atomic E-state index is -0.0885. The lowest BCUT2D eigenvalue weighted by molar-refractivity contribution is 0.660. The van der Waals surface area contributed by atoms with Gasteiger partial charge in [-0.2, -0.15) is 0 Å². The molecule has 3 heteroatoms. The van der Waals surface area contributed by atoms with Gasteiger partial charge in [-0.25, -0.2) is 4.98 Å². The summed E-state index contributed by atoms with van der Waals surface area (Å²) in [6, 6.07) is 48.0. The Labute approximate surface area is 260 Å². The molecule has 2 aliphatic heterocycles. The SMILES string of the molecule is CC1(C)c2ccccc2-c2ccc(-n3c4nc5ccccc5c-4cc4cc(-c5cccc6c5oc5ccccc56)ccc43)cc21. The van der Waals surface area contributed by atoms with Crippen molar-refractivity contribution in [2.45, 2.75) is 19.3 Å². The Kier molecular flexibility index (Phi) is 4.79. The summed E-state index contributed by atoms with van der Waals surface area (Å²) in [6.07, 6.45) is 0. The van der Waals surface area contributed by atoms with Crippen molar-refractivity contribution in [1.29, 1.82) is 0 Å². The summed E-state index contributed by atoms with van der Waals surface area (Å²) in [5.41, 5.74) is 13.8. The van der Waals surface area contributed by atoms with E-state index in [1.54, 1.807) is 0 Å². The van der Waals surface area contributed by atoms with Crippen LogP contribution in [0.4, 0.5) is 0 Å². The number of fused-ring (bicyclic) bond motifs is 10. The highest BCUT2D eigenvalue weighted by molar-refractivity contribution is 6.10. The standard InChI is InChI=1S/C42H28N2O/c1-42(2)35-15-6-3-10-29(35)30-20-19-27(24-36(30)42)44-38-21-18-25(22-26(38)23-34-31-11-4-7-16-37(31)43-41(34)44)28-13-9-14-33-32-12-5-8-17-39(32)45-40(28)33/h3-24H,1-2H3. The molecule has 0 saturated heterocycles. The third-order valence-corrected chi connectivity index (χ3v) is 9.98. The van der Waals surface area contributed by atoms with Gasteiger partial charge in [0.05, 0.1) is 11.0 Å². The number of hydrogen-bond acceptors (Lipinski definition) is 2. The van der Waals surface area contributed by atoms with E-state index >= 15 is 0 Å². The number of furan rings is 1. The predicted octanol–water partition coefficient (Wildman–Crippen LogP) is 11.2. The van der Waals surface area contributed by atoms with E-state index < -0.39 is 0 Å². The van der Waals surface area contributed by atoms with Crippen LogP contribution in [0.15, 0.2) is 138 Å². The molecular weight excluding hydrogens is 548 g/mol. The van der Waals surface area contributed by atoms with Crippen LogP contribution in [-0.2, 0) is 5.41 Å². The van der Waals surface area contributed by atoms with Gasteiger partial charge in [-0.1, -0.05) is 105 Å². The Morgan fingerprint density at radius 3 is 2.27 bits per heavy atom. The van der Waals surface area contributed by atoms with Gasteiger partial charge >= 0.3 is 0 Å². The van der Waals surface area contributed by atoms with Crippen LogP contribution < -0.4 is 0 Å². The molecule has 0 atom stereocenters. The second-order valence-corrected chi connectivity index (χ2v) is 12.8. The van der Waals surface area contributed by atoms with Crippen LogP contribution in [0.25, 0.3) is 83.1 Å². The molecule has 0 N–H and O–H groups in total. The normalized spacial score (nSPS) is 13.7. The summed E-state index contributed by atoms with van der Waals surface area (Å²) >= 11 is 0. The molecule has 0 unspecified atom stereocenters. The molecule has 3 heterocycles. The first kappa shape index (κ1) is 24.7. The fourth-order valence-corrected chi connectivity index (χ4v) is 7.78. The molecule has 3 aliphatic rings. The maximum Gasteiger partial charge on any atom is 0.146 e. The zero-order valence-corrected chi connectivity index (χ0v) is 25.0.